The maximum absolute atomic E-state index is 13.4. The molecular weight excluding hydrogens is 386 g/mol. The van der Waals surface area contributed by atoms with Gasteiger partial charge in [0.15, 0.2) is 9.84 Å². The van der Waals surface area contributed by atoms with Gasteiger partial charge in [-0.05, 0) is 51.5 Å². The number of sulfone groups is 1. The fourth-order valence-corrected chi connectivity index (χ4v) is 6.35. The van der Waals surface area contributed by atoms with Gasteiger partial charge >= 0.3 is 0 Å². The highest BCUT2D eigenvalue weighted by molar-refractivity contribution is 7.91. The number of aryl methyl sites for hydroxylation is 3. The van der Waals surface area contributed by atoms with Crippen molar-refractivity contribution in [2.45, 2.75) is 33.2 Å². The highest BCUT2D eigenvalue weighted by atomic mass is 32.2. The molecule has 156 valence electrons. The first-order chi connectivity index (χ1) is 13.7. The van der Waals surface area contributed by atoms with Crippen LogP contribution in [-0.4, -0.2) is 72.4 Å². The molecule has 0 spiro atoms. The molecule has 2 fully saturated rings. The maximum Gasteiger partial charge on any atom is 0.256 e. The number of rotatable bonds is 3. The molecular formula is C22H29N3O3S. The summed E-state index contributed by atoms with van der Waals surface area (Å²) in [5.74, 6) is 0.601. The number of piperazine rings is 1. The zero-order chi connectivity index (χ0) is 20.8. The molecule has 0 saturated carbocycles. The van der Waals surface area contributed by atoms with E-state index in [2.05, 4.69) is 35.4 Å². The van der Waals surface area contributed by atoms with Crippen molar-refractivity contribution in [3.8, 4) is 5.69 Å². The van der Waals surface area contributed by atoms with E-state index in [1.54, 1.807) is 0 Å². The highest BCUT2D eigenvalue weighted by Gasteiger charge is 2.34. The summed E-state index contributed by atoms with van der Waals surface area (Å²) in [7, 11) is -2.89. The number of hydrogen-bond donors (Lipinski definition) is 0. The number of amides is 1. The van der Waals surface area contributed by atoms with E-state index < -0.39 is 9.84 Å². The van der Waals surface area contributed by atoms with Crippen LogP contribution in [0.3, 0.4) is 0 Å². The minimum atomic E-state index is -2.89. The quantitative estimate of drug-likeness (QED) is 0.772. The molecule has 1 unspecified atom stereocenters. The van der Waals surface area contributed by atoms with Gasteiger partial charge < -0.3 is 9.47 Å². The number of nitrogens with zero attached hydrogens (tertiary/aromatic N) is 3. The number of hydrogen-bond acceptors (Lipinski definition) is 4. The molecule has 0 N–H and O–H groups in total. The molecule has 29 heavy (non-hydrogen) atoms. The summed E-state index contributed by atoms with van der Waals surface area (Å²) in [4.78, 5) is 17.6. The molecule has 1 atom stereocenters. The van der Waals surface area contributed by atoms with E-state index in [1.807, 2.05) is 30.0 Å². The summed E-state index contributed by atoms with van der Waals surface area (Å²) in [5.41, 5.74) is 4.92. The number of benzene rings is 1. The summed E-state index contributed by atoms with van der Waals surface area (Å²) in [6.07, 6.45) is 0.713. The van der Waals surface area contributed by atoms with Crippen LogP contribution in [0.1, 0.15) is 33.7 Å². The predicted octanol–water partition coefficient (Wildman–Crippen LogP) is 2.35. The van der Waals surface area contributed by atoms with E-state index in [1.165, 1.54) is 0 Å². The third-order valence-corrected chi connectivity index (χ3v) is 7.97. The SMILES string of the molecule is Cc1ccc(-n2c(C)ccc2C)c(C(=O)N2CCN(C3CCS(=O)(=O)C3)CC2)c1. The summed E-state index contributed by atoms with van der Waals surface area (Å²) in [6.45, 7) is 8.83. The molecule has 1 aromatic heterocycles. The van der Waals surface area contributed by atoms with Gasteiger partial charge in [0.25, 0.3) is 5.91 Å². The minimum Gasteiger partial charge on any atom is -0.336 e. The number of carbonyl (C=O) groups is 1. The smallest absolute Gasteiger partial charge is 0.256 e. The van der Waals surface area contributed by atoms with Gasteiger partial charge in [0.05, 0.1) is 22.8 Å². The van der Waals surface area contributed by atoms with E-state index >= 15 is 0 Å². The molecule has 6 nitrogen and oxygen atoms in total. The standard InChI is InChI=1S/C22H29N3O3S/c1-16-4-7-21(25-17(2)5-6-18(25)3)20(14-16)22(26)24-11-9-23(10-12-24)19-8-13-29(27,28)15-19/h4-7,14,19H,8-13,15H2,1-3H3. The Bertz CT molecular complexity index is 1010. The molecule has 1 aromatic carbocycles. The summed E-state index contributed by atoms with van der Waals surface area (Å²) in [6, 6.07) is 10.3. The normalized spacial score (nSPS) is 22.2. The number of aromatic nitrogens is 1. The molecule has 0 aliphatic carbocycles. The zero-order valence-corrected chi connectivity index (χ0v) is 18.2. The lowest BCUT2D eigenvalue weighted by atomic mass is 10.1. The Hall–Kier alpha value is -2.12. The Morgan fingerprint density at radius 2 is 1.62 bits per heavy atom. The lowest BCUT2D eigenvalue weighted by molar-refractivity contribution is 0.0587. The van der Waals surface area contributed by atoms with Crippen LogP contribution in [0.5, 0.6) is 0 Å². The molecule has 1 amide bonds. The van der Waals surface area contributed by atoms with Gasteiger partial charge in [0.2, 0.25) is 0 Å². The first-order valence-corrected chi connectivity index (χ1v) is 12.1. The van der Waals surface area contributed by atoms with Crippen molar-refractivity contribution in [3.05, 3.63) is 52.8 Å². The maximum atomic E-state index is 13.4. The first kappa shape index (κ1) is 20.2. The third kappa shape index (κ3) is 3.98. The average Bonchev–Trinajstić information content (AvgIpc) is 3.22. The highest BCUT2D eigenvalue weighted by Crippen LogP contribution is 2.24. The molecule has 2 aliphatic heterocycles. The largest absolute Gasteiger partial charge is 0.336 e. The minimum absolute atomic E-state index is 0.0508. The molecule has 3 heterocycles. The van der Waals surface area contributed by atoms with Crippen LogP contribution in [0.15, 0.2) is 30.3 Å². The summed E-state index contributed by atoms with van der Waals surface area (Å²) < 4.78 is 25.7. The first-order valence-electron chi connectivity index (χ1n) is 10.2. The molecule has 4 rings (SSSR count). The van der Waals surface area contributed by atoms with Gasteiger partial charge in [-0.15, -0.1) is 0 Å². The molecule has 2 aromatic rings. The van der Waals surface area contributed by atoms with Crippen LogP contribution >= 0.6 is 0 Å². The van der Waals surface area contributed by atoms with Crippen molar-refractivity contribution in [3.63, 3.8) is 0 Å². The Balaban J connectivity index is 1.53. The van der Waals surface area contributed by atoms with Crippen LogP contribution in [0, 0.1) is 20.8 Å². The predicted molar refractivity (Wildman–Crippen MR) is 115 cm³/mol. The Morgan fingerprint density at radius 3 is 2.21 bits per heavy atom. The molecule has 0 bridgehead atoms. The van der Waals surface area contributed by atoms with Gasteiger partial charge in [-0.1, -0.05) is 11.6 Å². The summed E-state index contributed by atoms with van der Waals surface area (Å²) in [5, 5.41) is 0. The van der Waals surface area contributed by atoms with E-state index in [-0.39, 0.29) is 17.7 Å². The van der Waals surface area contributed by atoms with Crippen LogP contribution in [0.2, 0.25) is 0 Å². The fraction of sp³-hybridized carbons (Fsp3) is 0.500. The molecule has 0 radical (unpaired) electrons. The number of carbonyl (C=O) groups excluding carboxylic acids is 1. The van der Waals surface area contributed by atoms with E-state index in [0.717, 1.165) is 41.3 Å². The van der Waals surface area contributed by atoms with Crippen LogP contribution in [-0.2, 0) is 9.84 Å². The second-order valence-corrected chi connectivity index (χ2v) is 10.6. The summed E-state index contributed by atoms with van der Waals surface area (Å²) >= 11 is 0. The van der Waals surface area contributed by atoms with Crippen molar-refractivity contribution in [1.29, 1.82) is 0 Å². The second-order valence-electron chi connectivity index (χ2n) is 8.36. The molecule has 7 heteroatoms. The van der Waals surface area contributed by atoms with Crippen LogP contribution in [0.4, 0.5) is 0 Å². The van der Waals surface area contributed by atoms with E-state index in [4.69, 9.17) is 0 Å². The van der Waals surface area contributed by atoms with Crippen LogP contribution < -0.4 is 0 Å². The van der Waals surface area contributed by atoms with Crippen molar-refractivity contribution in [2.75, 3.05) is 37.7 Å². The van der Waals surface area contributed by atoms with Crippen molar-refractivity contribution in [1.82, 2.24) is 14.4 Å². The van der Waals surface area contributed by atoms with Gasteiger partial charge in [0.1, 0.15) is 0 Å². The Kier molecular flexibility index (Phi) is 5.29. The van der Waals surface area contributed by atoms with Gasteiger partial charge in [0, 0.05) is 43.6 Å². The second kappa shape index (κ2) is 7.61. The zero-order valence-electron chi connectivity index (χ0n) is 17.4. The van der Waals surface area contributed by atoms with Crippen molar-refractivity contribution >= 4 is 15.7 Å². The van der Waals surface area contributed by atoms with E-state index in [9.17, 15) is 13.2 Å². The lowest BCUT2D eigenvalue weighted by Crippen LogP contribution is -2.52. The van der Waals surface area contributed by atoms with E-state index in [0.29, 0.717) is 25.3 Å². The Morgan fingerprint density at radius 1 is 0.966 bits per heavy atom. The van der Waals surface area contributed by atoms with Crippen LogP contribution in [0.25, 0.3) is 5.69 Å². The van der Waals surface area contributed by atoms with Gasteiger partial charge in [-0.2, -0.15) is 0 Å². The fourth-order valence-electron chi connectivity index (χ4n) is 4.59. The third-order valence-electron chi connectivity index (χ3n) is 6.22. The monoisotopic (exact) mass is 415 g/mol. The lowest BCUT2D eigenvalue weighted by Gasteiger charge is -2.38. The van der Waals surface area contributed by atoms with Gasteiger partial charge in [-0.3, -0.25) is 9.69 Å². The van der Waals surface area contributed by atoms with Crippen molar-refractivity contribution in [2.24, 2.45) is 0 Å². The molecule has 2 saturated heterocycles. The Labute approximate surface area is 173 Å². The van der Waals surface area contributed by atoms with Gasteiger partial charge in [-0.25, -0.2) is 8.42 Å². The average molecular weight is 416 g/mol. The topological polar surface area (TPSA) is 62.6 Å². The van der Waals surface area contributed by atoms with Crippen molar-refractivity contribution < 1.29 is 13.2 Å². The molecule has 2 aliphatic rings.